The molecule has 98 valence electrons. The van der Waals surface area contributed by atoms with Gasteiger partial charge < -0.3 is 10.1 Å². The quantitative estimate of drug-likeness (QED) is 0.876. The molecule has 1 fully saturated rings. The van der Waals surface area contributed by atoms with Gasteiger partial charge in [-0.1, -0.05) is 15.9 Å². The van der Waals surface area contributed by atoms with E-state index in [0.29, 0.717) is 5.56 Å². The van der Waals surface area contributed by atoms with E-state index in [-0.39, 0.29) is 18.1 Å². The second-order valence-corrected chi connectivity index (χ2v) is 6.18. The molecule has 2 rings (SSSR count). The third-order valence-electron chi connectivity index (χ3n) is 3.25. The van der Waals surface area contributed by atoms with E-state index in [1.54, 1.807) is 13.2 Å². The third-order valence-corrected chi connectivity index (χ3v) is 4.40. The van der Waals surface area contributed by atoms with Gasteiger partial charge in [0.05, 0.1) is 17.7 Å². The van der Waals surface area contributed by atoms with Crippen LogP contribution in [0.2, 0.25) is 0 Å². The van der Waals surface area contributed by atoms with Crippen LogP contribution in [0.1, 0.15) is 29.6 Å². The molecule has 1 aromatic carbocycles. The largest absolute Gasteiger partial charge is 0.379 e. The van der Waals surface area contributed by atoms with Crippen LogP contribution in [0, 0.1) is 0 Å². The highest BCUT2D eigenvalue weighted by Crippen LogP contribution is 2.24. The summed E-state index contributed by atoms with van der Waals surface area (Å²) < 4.78 is 7.11. The predicted molar refractivity (Wildman–Crippen MR) is 77.7 cm³/mol. The van der Waals surface area contributed by atoms with Crippen LogP contribution < -0.4 is 5.32 Å². The molecule has 1 aliphatic rings. The molecule has 1 aromatic rings. The Bertz CT molecular complexity index is 451. The minimum Gasteiger partial charge on any atom is -0.379 e. The van der Waals surface area contributed by atoms with E-state index < -0.39 is 0 Å². The maximum Gasteiger partial charge on any atom is 0.252 e. The molecule has 18 heavy (non-hydrogen) atoms. The first-order chi connectivity index (χ1) is 8.61. The number of halogens is 2. The van der Waals surface area contributed by atoms with Gasteiger partial charge in [0.2, 0.25) is 0 Å². The summed E-state index contributed by atoms with van der Waals surface area (Å²) in [6.45, 7) is 0. The van der Waals surface area contributed by atoms with Gasteiger partial charge in [-0.25, -0.2) is 0 Å². The van der Waals surface area contributed by atoms with Gasteiger partial charge >= 0.3 is 0 Å². The van der Waals surface area contributed by atoms with E-state index in [2.05, 4.69) is 37.2 Å². The molecule has 0 bridgehead atoms. The zero-order valence-electron chi connectivity index (χ0n) is 10.1. The Balaban J connectivity index is 2.07. The van der Waals surface area contributed by atoms with E-state index in [1.165, 1.54) is 0 Å². The standard InChI is InChI=1S/C13H15Br2NO2/c1-18-12-4-2-3-11(12)16-13(17)9-6-5-8(14)7-10(9)15/h5-7,11-12H,2-4H2,1H3,(H,16,17). The Morgan fingerprint density at radius 1 is 1.39 bits per heavy atom. The highest BCUT2D eigenvalue weighted by atomic mass is 79.9. The minimum absolute atomic E-state index is 0.0525. The predicted octanol–water partition coefficient (Wildman–Crippen LogP) is 3.51. The van der Waals surface area contributed by atoms with Gasteiger partial charge in [-0.2, -0.15) is 0 Å². The maximum atomic E-state index is 12.2. The number of benzene rings is 1. The summed E-state index contributed by atoms with van der Waals surface area (Å²) in [6, 6.07) is 5.66. The zero-order valence-corrected chi connectivity index (χ0v) is 13.3. The number of carbonyl (C=O) groups excluding carboxylic acids is 1. The van der Waals surface area contributed by atoms with Crippen LogP contribution in [0.15, 0.2) is 27.1 Å². The molecule has 2 unspecified atom stereocenters. The van der Waals surface area contributed by atoms with Crippen molar-refractivity contribution in [3.63, 3.8) is 0 Å². The first-order valence-corrected chi connectivity index (χ1v) is 7.49. The van der Waals surface area contributed by atoms with Crippen LogP contribution in [-0.2, 0) is 4.74 Å². The number of hydrogen-bond donors (Lipinski definition) is 1. The number of hydrogen-bond acceptors (Lipinski definition) is 2. The van der Waals surface area contributed by atoms with E-state index in [9.17, 15) is 4.79 Å². The van der Waals surface area contributed by atoms with Crippen LogP contribution in [0.5, 0.6) is 0 Å². The maximum absolute atomic E-state index is 12.2. The summed E-state index contributed by atoms with van der Waals surface area (Å²) in [5.41, 5.74) is 0.653. The van der Waals surface area contributed by atoms with Gasteiger partial charge in [0.25, 0.3) is 5.91 Å². The number of nitrogens with one attached hydrogen (secondary N) is 1. The molecule has 2 atom stereocenters. The number of rotatable bonds is 3. The molecule has 0 heterocycles. The van der Waals surface area contributed by atoms with Crippen LogP contribution in [0.25, 0.3) is 0 Å². The molecule has 0 aliphatic heterocycles. The Morgan fingerprint density at radius 2 is 2.17 bits per heavy atom. The van der Waals surface area contributed by atoms with E-state index in [4.69, 9.17) is 4.74 Å². The molecule has 3 nitrogen and oxygen atoms in total. The second-order valence-electron chi connectivity index (χ2n) is 4.41. The van der Waals surface area contributed by atoms with Crippen molar-refractivity contribution in [1.29, 1.82) is 0 Å². The SMILES string of the molecule is COC1CCCC1NC(=O)c1ccc(Br)cc1Br. The average molecular weight is 377 g/mol. The van der Waals surface area contributed by atoms with Crippen molar-refractivity contribution >= 4 is 37.8 Å². The number of amides is 1. The van der Waals surface area contributed by atoms with Crippen molar-refractivity contribution in [2.24, 2.45) is 0 Å². The Labute approximate surface area is 124 Å². The fraction of sp³-hybridized carbons (Fsp3) is 0.462. The van der Waals surface area contributed by atoms with Crippen LogP contribution in [0.3, 0.4) is 0 Å². The van der Waals surface area contributed by atoms with Crippen LogP contribution >= 0.6 is 31.9 Å². The fourth-order valence-corrected chi connectivity index (χ4v) is 3.52. The molecule has 1 N–H and O–H groups in total. The number of methoxy groups -OCH3 is 1. The van der Waals surface area contributed by atoms with Gasteiger partial charge in [0.1, 0.15) is 0 Å². The van der Waals surface area contributed by atoms with Crippen molar-refractivity contribution < 1.29 is 9.53 Å². The molecular weight excluding hydrogens is 362 g/mol. The Kier molecular flexibility index (Phi) is 4.81. The van der Waals surface area contributed by atoms with Crippen molar-refractivity contribution in [3.05, 3.63) is 32.7 Å². The van der Waals surface area contributed by atoms with Crippen molar-refractivity contribution in [3.8, 4) is 0 Å². The number of carbonyl (C=O) groups is 1. The Morgan fingerprint density at radius 3 is 2.83 bits per heavy atom. The summed E-state index contributed by atoms with van der Waals surface area (Å²) in [5, 5.41) is 3.05. The van der Waals surface area contributed by atoms with Gasteiger partial charge in [-0.15, -0.1) is 0 Å². The van der Waals surface area contributed by atoms with Crippen molar-refractivity contribution in [1.82, 2.24) is 5.32 Å². The molecule has 1 saturated carbocycles. The second kappa shape index (κ2) is 6.17. The van der Waals surface area contributed by atoms with Crippen molar-refractivity contribution in [2.75, 3.05) is 7.11 Å². The summed E-state index contributed by atoms with van der Waals surface area (Å²) in [4.78, 5) is 12.2. The van der Waals surface area contributed by atoms with Gasteiger partial charge in [0.15, 0.2) is 0 Å². The lowest BCUT2D eigenvalue weighted by molar-refractivity contribution is 0.0722. The smallest absolute Gasteiger partial charge is 0.252 e. The summed E-state index contributed by atoms with van der Waals surface area (Å²) >= 11 is 6.78. The molecule has 1 aliphatic carbocycles. The number of ether oxygens (including phenoxy) is 1. The Hall–Kier alpha value is -0.390. The van der Waals surface area contributed by atoms with E-state index >= 15 is 0 Å². The van der Waals surface area contributed by atoms with E-state index in [1.807, 2.05) is 12.1 Å². The summed E-state index contributed by atoms with van der Waals surface area (Å²) in [5.74, 6) is -0.0525. The molecule has 1 amide bonds. The van der Waals surface area contributed by atoms with Crippen LogP contribution in [0.4, 0.5) is 0 Å². The zero-order chi connectivity index (χ0) is 13.1. The molecule has 0 radical (unpaired) electrons. The van der Waals surface area contributed by atoms with Crippen molar-refractivity contribution in [2.45, 2.75) is 31.4 Å². The van der Waals surface area contributed by atoms with Gasteiger partial charge in [-0.05, 0) is 53.4 Å². The lowest BCUT2D eigenvalue weighted by atomic mass is 10.1. The average Bonchev–Trinajstić information content (AvgIpc) is 2.76. The summed E-state index contributed by atoms with van der Waals surface area (Å²) in [6.07, 6.45) is 3.25. The molecule has 0 saturated heterocycles. The van der Waals surface area contributed by atoms with Crippen LogP contribution in [-0.4, -0.2) is 25.2 Å². The lowest BCUT2D eigenvalue weighted by Gasteiger charge is -2.20. The summed E-state index contributed by atoms with van der Waals surface area (Å²) in [7, 11) is 1.70. The molecule has 0 aromatic heterocycles. The normalized spacial score (nSPS) is 23.1. The highest BCUT2D eigenvalue weighted by Gasteiger charge is 2.28. The molecular formula is C13H15Br2NO2. The fourth-order valence-electron chi connectivity index (χ4n) is 2.29. The van der Waals surface area contributed by atoms with E-state index in [0.717, 1.165) is 28.2 Å². The first-order valence-electron chi connectivity index (χ1n) is 5.90. The van der Waals surface area contributed by atoms with Gasteiger partial charge in [0, 0.05) is 16.1 Å². The minimum atomic E-state index is -0.0525. The molecule has 5 heteroatoms. The lowest BCUT2D eigenvalue weighted by Crippen LogP contribution is -2.40. The topological polar surface area (TPSA) is 38.3 Å². The first kappa shape index (κ1) is 14.0. The van der Waals surface area contributed by atoms with Gasteiger partial charge in [-0.3, -0.25) is 4.79 Å². The molecule has 0 spiro atoms. The highest BCUT2D eigenvalue weighted by molar-refractivity contribution is 9.11. The monoisotopic (exact) mass is 375 g/mol. The third kappa shape index (κ3) is 3.13.